The van der Waals surface area contributed by atoms with E-state index in [1.165, 1.54) is 7.11 Å². The number of benzene rings is 1. The lowest BCUT2D eigenvalue weighted by molar-refractivity contribution is -0.125. The molecule has 1 N–H and O–H groups in total. The number of esters is 1. The van der Waals surface area contributed by atoms with E-state index in [2.05, 4.69) is 10.3 Å². The number of ketones is 1. The van der Waals surface area contributed by atoms with Crippen molar-refractivity contribution in [2.75, 3.05) is 19.5 Å². The number of ether oxygens (including phenoxy) is 3. The van der Waals surface area contributed by atoms with E-state index in [0.717, 1.165) is 32.1 Å². The fourth-order valence-corrected chi connectivity index (χ4v) is 4.54. The Balaban J connectivity index is 2.02. The van der Waals surface area contributed by atoms with Crippen molar-refractivity contribution in [3.8, 4) is 5.75 Å². The van der Waals surface area contributed by atoms with Gasteiger partial charge in [-0.05, 0) is 57.4 Å². The van der Waals surface area contributed by atoms with E-state index in [9.17, 15) is 14.4 Å². The summed E-state index contributed by atoms with van der Waals surface area (Å²) in [5.41, 5.74) is 1.19. The molecule has 1 aromatic carbocycles. The molecule has 1 heterocycles. The minimum atomic E-state index is -0.682. The number of pyridine rings is 1. The molecule has 1 amide bonds. The van der Waals surface area contributed by atoms with Crippen molar-refractivity contribution >= 4 is 23.5 Å². The van der Waals surface area contributed by atoms with Gasteiger partial charge in [0.2, 0.25) is 0 Å². The highest BCUT2D eigenvalue weighted by Crippen LogP contribution is 2.37. The van der Waals surface area contributed by atoms with E-state index in [1.807, 2.05) is 0 Å². The molecular weight excluding hydrogens is 460 g/mol. The number of hydrogen-bond acceptors (Lipinski definition) is 7. The summed E-state index contributed by atoms with van der Waals surface area (Å²) in [5.74, 6) is -0.533. The van der Waals surface area contributed by atoms with Crippen molar-refractivity contribution in [3.05, 3.63) is 53.3 Å². The molecular formula is C28H36N2O6. The summed E-state index contributed by atoms with van der Waals surface area (Å²) < 4.78 is 15.6. The van der Waals surface area contributed by atoms with Gasteiger partial charge in [0, 0.05) is 24.1 Å². The third-order valence-electron chi connectivity index (χ3n) is 6.24. The van der Waals surface area contributed by atoms with Crippen LogP contribution in [0.4, 0.5) is 10.5 Å². The number of Topliss-reactive ketones (excluding diaryl/α,β-unsaturated/α-hetero) is 1. The predicted octanol–water partition coefficient (Wildman–Crippen LogP) is 5.70. The van der Waals surface area contributed by atoms with Gasteiger partial charge < -0.3 is 14.2 Å². The number of nitrogens with zero attached hydrogens (tertiary/aromatic N) is 1. The van der Waals surface area contributed by atoms with Gasteiger partial charge in [-0.3, -0.25) is 10.1 Å². The number of rotatable bonds is 8. The zero-order valence-electron chi connectivity index (χ0n) is 21.8. The van der Waals surface area contributed by atoms with Gasteiger partial charge in [-0.15, -0.1) is 0 Å². The zero-order valence-corrected chi connectivity index (χ0v) is 21.8. The number of methoxy groups -OCH3 is 2. The van der Waals surface area contributed by atoms with E-state index in [0.29, 0.717) is 22.7 Å². The third kappa shape index (κ3) is 7.29. The number of anilines is 1. The summed E-state index contributed by atoms with van der Waals surface area (Å²) in [6, 6.07) is 10.4. The zero-order chi connectivity index (χ0) is 26.3. The van der Waals surface area contributed by atoms with Gasteiger partial charge in [0.1, 0.15) is 22.8 Å². The number of amides is 1. The molecule has 1 aliphatic rings. The van der Waals surface area contributed by atoms with E-state index in [1.54, 1.807) is 64.3 Å². The minimum Gasteiger partial charge on any atom is -0.497 e. The topological polar surface area (TPSA) is 104 Å². The summed E-state index contributed by atoms with van der Waals surface area (Å²) in [7, 11) is 2.84. The predicted molar refractivity (Wildman–Crippen MR) is 136 cm³/mol. The number of aromatic nitrogens is 1. The molecule has 1 aromatic heterocycles. The fourth-order valence-electron chi connectivity index (χ4n) is 4.54. The minimum absolute atomic E-state index is 0.0657. The smallest absolute Gasteiger partial charge is 0.412 e. The lowest BCUT2D eigenvalue weighted by Gasteiger charge is -2.27. The Morgan fingerprint density at radius 1 is 1.06 bits per heavy atom. The van der Waals surface area contributed by atoms with Crippen molar-refractivity contribution in [1.82, 2.24) is 4.98 Å². The molecule has 1 fully saturated rings. The van der Waals surface area contributed by atoms with Gasteiger partial charge in [0.25, 0.3) is 0 Å². The molecule has 1 atom stereocenters. The molecule has 0 radical (unpaired) electrons. The van der Waals surface area contributed by atoms with Gasteiger partial charge in [-0.2, -0.15) is 0 Å². The molecule has 1 unspecified atom stereocenters. The standard InChI is InChI=1S/C28H36N2O6/c1-28(2,3)36-27(33)30-24-17-20(34-4)14-15-21(24)22(25(31)18-10-7-6-8-11-18)16-19-12-9-13-23(29-19)26(32)35-5/h9,12-15,17-18,22H,6-8,10-11,16H2,1-5H3,(H,30,33). The van der Waals surface area contributed by atoms with E-state index >= 15 is 0 Å². The van der Waals surface area contributed by atoms with Crippen LogP contribution in [0.5, 0.6) is 5.75 Å². The van der Waals surface area contributed by atoms with Crippen molar-refractivity contribution in [3.63, 3.8) is 0 Å². The van der Waals surface area contributed by atoms with Gasteiger partial charge in [0.05, 0.1) is 25.8 Å². The first-order chi connectivity index (χ1) is 17.1. The first kappa shape index (κ1) is 27.2. The fraction of sp³-hybridized carbons (Fsp3) is 0.500. The Morgan fingerprint density at radius 2 is 1.78 bits per heavy atom. The Hall–Kier alpha value is -3.42. The van der Waals surface area contributed by atoms with Crippen molar-refractivity contribution in [2.24, 2.45) is 5.92 Å². The monoisotopic (exact) mass is 496 g/mol. The maximum atomic E-state index is 13.9. The summed E-state index contributed by atoms with van der Waals surface area (Å²) in [6.07, 6.45) is 4.51. The highest BCUT2D eigenvalue weighted by molar-refractivity contribution is 5.93. The number of carbonyl (C=O) groups is 3. The average Bonchev–Trinajstić information content (AvgIpc) is 2.86. The van der Waals surface area contributed by atoms with Crippen LogP contribution in [0.2, 0.25) is 0 Å². The molecule has 8 heteroatoms. The van der Waals surface area contributed by atoms with Crippen LogP contribution < -0.4 is 10.1 Å². The highest BCUT2D eigenvalue weighted by atomic mass is 16.6. The number of carbonyl (C=O) groups excluding carboxylic acids is 3. The van der Waals surface area contributed by atoms with Gasteiger partial charge in [-0.1, -0.05) is 31.4 Å². The maximum Gasteiger partial charge on any atom is 0.412 e. The van der Waals surface area contributed by atoms with Gasteiger partial charge >= 0.3 is 12.1 Å². The van der Waals surface area contributed by atoms with Crippen LogP contribution in [0.25, 0.3) is 0 Å². The number of nitrogens with one attached hydrogen (secondary N) is 1. The van der Waals surface area contributed by atoms with Crippen LogP contribution in [-0.4, -0.2) is 42.7 Å². The Labute approximate surface area is 212 Å². The van der Waals surface area contributed by atoms with Crippen LogP contribution in [0.3, 0.4) is 0 Å². The molecule has 1 saturated carbocycles. The first-order valence-corrected chi connectivity index (χ1v) is 12.4. The van der Waals surface area contributed by atoms with Crippen LogP contribution in [0.1, 0.15) is 80.5 Å². The van der Waals surface area contributed by atoms with Crippen LogP contribution in [0.15, 0.2) is 36.4 Å². The molecule has 0 bridgehead atoms. The molecule has 3 rings (SSSR count). The molecule has 2 aromatic rings. The molecule has 8 nitrogen and oxygen atoms in total. The summed E-state index contributed by atoms with van der Waals surface area (Å²) in [5, 5.41) is 2.82. The van der Waals surface area contributed by atoms with Gasteiger partial charge in [0.15, 0.2) is 0 Å². The van der Waals surface area contributed by atoms with Crippen molar-refractivity contribution in [1.29, 1.82) is 0 Å². The van der Waals surface area contributed by atoms with E-state index in [4.69, 9.17) is 14.2 Å². The second-order valence-electron chi connectivity index (χ2n) is 10.1. The lowest BCUT2D eigenvalue weighted by Crippen LogP contribution is -2.29. The third-order valence-corrected chi connectivity index (χ3v) is 6.24. The SMILES string of the molecule is COC(=O)c1cccc(CC(C(=O)C2CCCCC2)c2ccc(OC)cc2NC(=O)OC(C)(C)C)n1. The molecule has 0 aliphatic heterocycles. The summed E-state index contributed by atoms with van der Waals surface area (Å²) in [4.78, 5) is 43.0. The van der Waals surface area contributed by atoms with Crippen molar-refractivity contribution < 1.29 is 28.6 Å². The maximum absolute atomic E-state index is 13.9. The Bertz CT molecular complexity index is 1090. The quantitative estimate of drug-likeness (QED) is 0.468. The second kappa shape index (κ2) is 12.0. The second-order valence-corrected chi connectivity index (χ2v) is 10.1. The van der Waals surface area contributed by atoms with Gasteiger partial charge in [-0.25, -0.2) is 14.6 Å². The molecule has 0 saturated heterocycles. The van der Waals surface area contributed by atoms with E-state index < -0.39 is 23.6 Å². The van der Waals surface area contributed by atoms with E-state index in [-0.39, 0.29) is 23.8 Å². The molecule has 0 spiro atoms. The largest absolute Gasteiger partial charge is 0.497 e. The summed E-state index contributed by atoms with van der Waals surface area (Å²) >= 11 is 0. The lowest BCUT2D eigenvalue weighted by atomic mass is 9.77. The van der Waals surface area contributed by atoms with Crippen LogP contribution >= 0.6 is 0 Å². The molecule has 1 aliphatic carbocycles. The Morgan fingerprint density at radius 3 is 2.42 bits per heavy atom. The van der Waals surface area contributed by atoms with Crippen LogP contribution in [0, 0.1) is 5.92 Å². The highest BCUT2D eigenvalue weighted by Gasteiger charge is 2.32. The molecule has 194 valence electrons. The first-order valence-electron chi connectivity index (χ1n) is 12.4. The molecule has 36 heavy (non-hydrogen) atoms. The summed E-state index contributed by atoms with van der Waals surface area (Å²) in [6.45, 7) is 5.36. The average molecular weight is 497 g/mol. The van der Waals surface area contributed by atoms with Crippen molar-refractivity contribution in [2.45, 2.75) is 70.8 Å². The van der Waals surface area contributed by atoms with Crippen LogP contribution in [-0.2, 0) is 20.7 Å². The number of hydrogen-bond donors (Lipinski definition) is 1. The normalized spacial score (nSPS) is 15.0. The Kier molecular flexibility index (Phi) is 9.07.